The maximum atomic E-state index is 14.1. The maximum absolute atomic E-state index is 14.1. The van der Waals surface area contributed by atoms with Crippen LogP contribution in [0.3, 0.4) is 0 Å². The van der Waals surface area contributed by atoms with Gasteiger partial charge in [0.2, 0.25) is 11.4 Å². The molecule has 0 unspecified atom stereocenters. The predicted molar refractivity (Wildman–Crippen MR) is 155 cm³/mol. The number of carbonyl (C=O) groups is 3. The highest BCUT2D eigenvalue weighted by molar-refractivity contribution is 6.02. The molecule has 4 N–H and O–H groups in total. The fraction of sp³-hybridized carbons (Fsp3) is 0.258. The van der Waals surface area contributed by atoms with E-state index in [1.165, 1.54) is 18.7 Å². The molecule has 11 nitrogen and oxygen atoms in total. The van der Waals surface area contributed by atoms with Gasteiger partial charge in [0.25, 0.3) is 5.91 Å². The molecule has 0 spiro atoms. The van der Waals surface area contributed by atoms with E-state index in [4.69, 9.17) is 24.2 Å². The smallest absolute Gasteiger partial charge is 0.493 e. The van der Waals surface area contributed by atoms with Crippen molar-refractivity contribution in [1.29, 1.82) is 0 Å². The largest absolute Gasteiger partial charge is 0.509 e. The number of amides is 1. The molecule has 1 atom stereocenters. The number of Topliss-reactive ketones (excluding diaryl/α,β-unsaturated/α-hetero) is 1. The molecule has 2 heterocycles. The zero-order valence-corrected chi connectivity index (χ0v) is 23.7. The Morgan fingerprint density at radius 3 is 2.45 bits per heavy atom. The number of para-hydroxylation sites is 1. The standard InChI is InChI=1S/C31H33N3O8/c1-30(2,3)41-29(37)42-31(28(36)24-10-7-15-32-24,17-21-18-33-23-9-6-5-8-22(21)23)19-40-25-13-11-20(16-26(25)39-4)12-14-27(35)34-38/h5-16,18,32-33,38H,17,19H2,1-4H3,(H,34,35)/b14-12+/t31-/m1/s1. The van der Waals surface area contributed by atoms with Crippen LogP contribution in [0.2, 0.25) is 0 Å². The van der Waals surface area contributed by atoms with Gasteiger partial charge in [0.1, 0.15) is 12.2 Å². The predicted octanol–water partition coefficient (Wildman–Crippen LogP) is 5.22. The number of benzene rings is 2. The number of nitrogens with one attached hydrogen (secondary N) is 3. The summed E-state index contributed by atoms with van der Waals surface area (Å²) in [5, 5.41) is 9.58. The first-order valence-corrected chi connectivity index (χ1v) is 13.1. The monoisotopic (exact) mass is 575 g/mol. The molecular formula is C31H33N3O8. The van der Waals surface area contributed by atoms with E-state index in [1.54, 1.807) is 63.5 Å². The molecular weight excluding hydrogens is 542 g/mol. The van der Waals surface area contributed by atoms with Gasteiger partial charge in [-0.1, -0.05) is 24.3 Å². The lowest BCUT2D eigenvalue weighted by atomic mass is 9.88. The minimum absolute atomic E-state index is 0.0342. The summed E-state index contributed by atoms with van der Waals surface area (Å²) in [4.78, 5) is 44.7. The fourth-order valence-corrected chi connectivity index (χ4v) is 4.35. The second-order valence-electron chi connectivity index (χ2n) is 10.5. The molecule has 0 saturated heterocycles. The molecule has 0 aliphatic heterocycles. The Balaban J connectivity index is 1.75. The number of rotatable bonds is 11. The molecule has 2 aromatic heterocycles. The minimum Gasteiger partial charge on any atom is -0.493 e. The lowest BCUT2D eigenvalue weighted by Gasteiger charge is -2.32. The lowest BCUT2D eigenvalue weighted by Crippen LogP contribution is -2.51. The first kappa shape index (κ1) is 29.9. The normalized spacial score (nSPS) is 13.0. The average Bonchev–Trinajstić information content (AvgIpc) is 3.64. The molecule has 0 saturated carbocycles. The van der Waals surface area contributed by atoms with Crippen molar-refractivity contribution in [3.8, 4) is 11.5 Å². The van der Waals surface area contributed by atoms with Gasteiger partial charge in [-0.15, -0.1) is 0 Å². The van der Waals surface area contributed by atoms with Crippen LogP contribution in [-0.2, 0) is 20.7 Å². The van der Waals surface area contributed by atoms with E-state index in [9.17, 15) is 14.4 Å². The van der Waals surface area contributed by atoms with Gasteiger partial charge in [0.05, 0.1) is 12.8 Å². The Bertz CT molecular complexity index is 1580. The zero-order valence-electron chi connectivity index (χ0n) is 23.7. The molecule has 11 heteroatoms. The highest BCUT2D eigenvalue weighted by Gasteiger charge is 2.46. The summed E-state index contributed by atoms with van der Waals surface area (Å²) in [7, 11) is 1.44. The van der Waals surface area contributed by atoms with Gasteiger partial charge < -0.3 is 28.9 Å². The van der Waals surface area contributed by atoms with E-state index in [0.717, 1.165) is 22.5 Å². The Labute approximate surface area is 242 Å². The summed E-state index contributed by atoms with van der Waals surface area (Å²) in [5.74, 6) is -0.653. The third-order valence-electron chi connectivity index (χ3n) is 6.26. The Morgan fingerprint density at radius 1 is 0.976 bits per heavy atom. The van der Waals surface area contributed by atoms with Crippen LogP contribution in [0, 0.1) is 0 Å². The van der Waals surface area contributed by atoms with E-state index < -0.39 is 29.0 Å². The number of aromatic nitrogens is 2. The molecule has 220 valence electrons. The van der Waals surface area contributed by atoms with Gasteiger partial charge in [-0.2, -0.15) is 0 Å². The molecule has 2 aromatic carbocycles. The van der Waals surface area contributed by atoms with Gasteiger partial charge in [0, 0.05) is 35.8 Å². The summed E-state index contributed by atoms with van der Waals surface area (Å²) in [6, 6.07) is 15.7. The van der Waals surface area contributed by atoms with Crippen LogP contribution in [0.4, 0.5) is 4.79 Å². The molecule has 0 aliphatic carbocycles. The summed E-state index contributed by atoms with van der Waals surface area (Å²) in [5.41, 5.74) is 1.17. The van der Waals surface area contributed by atoms with Crippen LogP contribution in [0.15, 0.2) is 73.1 Å². The highest BCUT2D eigenvalue weighted by Crippen LogP contribution is 2.33. The van der Waals surface area contributed by atoms with Crippen molar-refractivity contribution in [3.05, 3.63) is 89.9 Å². The number of carbonyl (C=O) groups excluding carboxylic acids is 3. The van der Waals surface area contributed by atoms with Gasteiger partial charge in [-0.05, 0) is 68.3 Å². The number of ketones is 1. The van der Waals surface area contributed by atoms with Gasteiger partial charge in [0.15, 0.2) is 11.5 Å². The topological polar surface area (TPSA) is 152 Å². The van der Waals surface area contributed by atoms with Crippen LogP contribution >= 0.6 is 0 Å². The van der Waals surface area contributed by atoms with E-state index >= 15 is 0 Å². The van der Waals surface area contributed by atoms with Crippen molar-refractivity contribution >= 4 is 34.8 Å². The maximum Gasteiger partial charge on any atom is 0.509 e. The van der Waals surface area contributed by atoms with Crippen molar-refractivity contribution in [2.75, 3.05) is 13.7 Å². The third-order valence-corrected chi connectivity index (χ3v) is 6.26. The van der Waals surface area contributed by atoms with Gasteiger partial charge in [-0.25, -0.2) is 10.3 Å². The molecule has 0 fully saturated rings. The van der Waals surface area contributed by atoms with E-state index in [2.05, 4.69) is 9.97 Å². The van der Waals surface area contributed by atoms with Crippen molar-refractivity contribution in [3.63, 3.8) is 0 Å². The van der Waals surface area contributed by atoms with Crippen LogP contribution < -0.4 is 15.0 Å². The van der Waals surface area contributed by atoms with Gasteiger partial charge >= 0.3 is 6.16 Å². The zero-order chi connectivity index (χ0) is 30.3. The number of hydroxylamine groups is 1. The van der Waals surface area contributed by atoms with Crippen LogP contribution in [0.5, 0.6) is 11.5 Å². The molecule has 0 aliphatic rings. The van der Waals surface area contributed by atoms with E-state index in [-0.39, 0.29) is 24.5 Å². The third kappa shape index (κ3) is 7.18. The van der Waals surface area contributed by atoms with Crippen molar-refractivity contribution in [2.45, 2.75) is 38.4 Å². The second-order valence-corrected chi connectivity index (χ2v) is 10.5. The minimum atomic E-state index is -1.86. The molecule has 1 amide bonds. The number of methoxy groups -OCH3 is 1. The first-order valence-electron chi connectivity index (χ1n) is 13.1. The SMILES string of the molecule is COc1cc(/C=C/C(=O)NO)ccc1OC[C@@](Cc1c[nH]c2ccccc12)(OC(=O)OC(C)(C)C)C(=O)c1ccc[nH]1. The van der Waals surface area contributed by atoms with Crippen LogP contribution in [-0.4, -0.2) is 57.9 Å². The Kier molecular flexibility index (Phi) is 9.02. The van der Waals surface area contributed by atoms with Crippen LogP contribution in [0.25, 0.3) is 17.0 Å². The van der Waals surface area contributed by atoms with E-state index in [1.807, 2.05) is 24.3 Å². The number of fused-ring (bicyclic) bond motifs is 1. The second kappa shape index (κ2) is 12.6. The van der Waals surface area contributed by atoms with Gasteiger partial charge in [-0.3, -0.25) is 14.8 Å². The quantitative estimate of drug-likeness (QED) is 0.0625. The number of ether oxygens (including phenoxy) is 4. The number of hydrogen-bond donors (Lipinski definition) is 4. The summed E-state index contributed by atoms with van der Waals surface area (Å²) in [6.07, 6.45) is 4.92. The summed E-state index contributed by atoms with van der Waals surface area (Å²) < 4.78 is 23.0. The molecule has 0 bridgehead atoms. The lowest BCUT2D eigenvalue weighted by molar-refractivity contribution is -0.124. The molecule has 0 radical (unpaired) electrons. The van der Waals surface area contributed by atoms with Crippen molar-refractivity contribution in [1.82, 2.24) is 15.4 Å². The summed E-state index contributed by atoms with van der Waals surface area (Å²) >= 11 is 0. The Hall–Kier alpha value is -5.03. The number of H-pyrrole nitrogens is 2. The van der Waals surface area contributed by atoms with Crippen molar-refractivity contribution < 1.29 is 38.5 Å². The van der Waals surface area contributed by atoms with Crippen molar-refractivity contribution in [2.24, 2.45) is 0 Å². The number of hydrogen-bond acceptors (Lipinski definition) is 8. The highest BCUT2D eigenvalue weighted by atomic mass is 16.7. The summed E-state index contributed by atoms with van der Waals surface area (Å²) in [6.45, 7) is 4.71. The Morgan fingerprint density at radius 2 is 1.76 bits per heavy atom. The molecule has 4 aromatic rings. The first-order chi connectivity index (χ1) is 20.0. The van der Waals surface area contributed by atoms with E-state index in [0.29, 0.717) is 11.3 Å². The average molecular weight is 576 g/mol. The number of aromatic amines is 2. The van der Waals surface area contributed by atoms with Crippen LogP contribution in [0.1, 0.15) is 42.4 Å². The molecule has 42 heavy (non-hydrogen) atoms. The fourth-order valence-electron chi connectivity index (χ4n) is 4.35. The molecule has 4 rings (SSSR count).